The van der Waals surface area contributed by atoms with Crippen molar-refractivity contribution in [3.63, 3.8) is 0 Å². The number of carbonyl (C=O) groups excluding carboxylic acids is 9. The molecule has 1 aliphatic carbocycles. The van der Waals surface area contributed by atoms with Gasteiger partial charge in [0.2, 0.25) is 40.8 Å². The lowest BCUT2D eigenvalue weighted by molar-refractivity contribution is -0.244. The zero-order chi connectivity index (χ0) is 52.4. The molecule has 33 heteroatoms. The van der Waals surface area contributed by atoms with E-state index in [1.807, 2.05) is 0 Å². The van der Waals surface area contributed by atoms with Gasteiger partial charge >= 0.3 is 77.2 Å². The first-order valence-corrected chi connectivity index (χ1v) is 24.8. The van der Waals surface area contributed by atoms with Crippen LogP contribution in [0, 0.1) is 0 Å². The molecule has 1 fully saturated rings. The van der Waals surface area contributed by atoms with Gasteiger partial charge in [0, 0.05) is 60.8 Å². The third kappa shape index (κ3) is 25.3. The van der Waals surface area contributed by atoms with Crippen LogP contribution < -0.4 is 0 Å². The van der Waals surface area contributed by atoms with Crippen molar-refractivity contribution in [3.05, 3.63) is 0 Å². The van der Waals surface area contributed by atoms with Crippen molar-refractivity contribution in [1.82, 2.24) is 0 Å². The Kier molecular flexibility index (Phi) is 28.8. The molecular formula is C36H57O30P3. The van der Waals surface area contributed by atoms with Gasteiger partial charge in [-0.15, -0.1) is 0 Å². The molecule has 0 unspecified atom stereocenters. The molecule has 0 radical (unpaired) electrons. The molecule has 0 amide bonds. The Labute approximate surface area is 395 Å². The number of hydrogen-bond donors (Lipinski definition) is 0. The zero-order valence-corrected chi connectivity index (χ0v) is 41.7. The van der Waals surface area contributed by atoms with Crippen LogP contribution in [0.2, 0.25) is 0 Å². The number of ether oxygens (including phenoxy) is 9. The molecule has 0 aromatic heterocycles. The molecule has 0 aromatic carbocycles. The smallest absolute Gasteiger partial charge is 0.456 e. The molecule has 69 heavy (non-hydrogen) atoms. The summed E-state index contributed by atoms with van der Waals surface area (Å²) in [4.78, 5) is 111. The van der Waals surface area contributed by atoms with Crippen LogP contribution in [0.5, 0.6) is 0 Å². The summed E-state index contributed by atoms with van der Waals surface area (Å²) in [5.41, 5.74) is 0. The van der Waals surface area contributed by atoms with E-state index in [0.29, 0.717) is 0 Å². The van der Waals surface area contributed by atoms with Gasteiger partial charge in [0.25, 0.3) is 0 Å². The Morgan fingerprint density at radius 1 is 0.319 bits per heavy atom. The highest BCUT2D eigenvalue weighted by atomic mass is 31.2. The summed E-state index contributed by atoms with van der Waals surface area (Å²) in [6, 6.07) is 0. The number of phosphoric acid groups is 3. The lowest BCUT2D eigenvalue weighted by Crippen LogP contribution is -2.68. The first-order chi connectivity index (χ1) is 32.3. The van der Waals surface area contributed by atoms with Gasteiger partial charge < -0.3 is 42.6 Å². The van der Waals surface area contributed by atoms with Crippen molar-refractivity contribution in [3.8, 4) is 0 Å². The Hall–Kier alpha value is -4.44. The van der Waals surface area contributed by atoms with Gasteiger partial charge in [-0.05, 0) is 19.3 Å². The highest BCUT2D eigenvalue weighted by Gasteiger charge is 2.63. The minimum Gasteiger partial charge on any atom is -0.456 e. The van der Waals surface area contributed by atoms with Crippen LogP contribution in [0.3, 0.4) is 0 Å². The molecule has 0 saturated heterocycles. The lowest BCUT2D eigenvalue weighted by Gasteiger charge is -2.48. The van der Waals surface area contributed by atoms with Crippen LogP contribution in [-0.4, -0.2) is 131 Å². The van der Waals surface area contributed by atoms with Gasteiger partial charge in [-0.1, -0.05) is 20.8 Å². The Morgan fingerprint density at radius 3 is 0.667 bits per heavy atom. The van der Waals surface area contributed by atoms with Gasteiger partial charge in [-0.2, -0.15) is 0 Å². The summed E-state index contributed by atoms with van der Waals surface area (Å²) in [5.74, 6) is -9.72. The van der Waals surface area contributed by atoms with E-state index in [2.05, 4.69) is 0 Å². The zero-order valence-electron chi connectivity index (χ0n) is 39.0. The molecule has 1 aliphatic rings. The number of carbonyl (C=O) groups is 9. The average Bonchev–Trinajstić information content (AvgIpc) is 3.21. The molecule has 396 valence electrons. The maximum atomic E-state index is 14.7. The number of hydrogen-bond acceptors (Lipinski definition) is 30. The van der Waals surface area contributed by atoms with Gasteiger partial charge in [0.05, 0.1) is 0 Å². The largest absolute Gasteiger partial charge is 0.481 e. The molecule has 0 bridgehead atoms. The molecule has 1 saturated carbocycles. The van der Waals surface area contributed by atoms with Gasteiger partial charge in [-0.25, -0.2) is 40.8 Å². The second-order valence-electron chi connectivity index (χ2n) is 13.5. The third-order valence-corrected chi connectivity index (χ3v) is 11.7. The Morgan fingerprint density at radius 2 is 0.493 bits per heavy atom. The van der Waals surface area contributed by atoms with Crippen LogP contribution in [-0.2, 0) is 140 Å². The topological polar surface area (TPSA) is 371 Å². The molecule has 0 aromatic rings. The molecule has 0 N–H and O–H groups in total. The molecule has 30 nitrogen and oxygen atoms in total. The van der Waals surface area contributed by atoms with Gasteiger partial charge in [0.15, 0.2) is 18.3 Å². The molecule has 1 rings (SSSR count). The number of rotatable bonds is 33. The first-order valence-electron chi connectivity index (χ1n) is 20.4. The minimum atomic E-state index is -5.62. The van der Waals surface area contributed by atoms with E-state index in [4.69, 9.17) is 83.3 Å². The van der Waals surface area contributed by atoms with E-state index >= 15 is 0 Å². The van der Waals surface area contributed by atoms with E-state index in [0.717, 1.165) is 41.5 Å². The fourth-order valence-corrected chi connectivity index (χ4v) is 8.21. The van der Waals surface area contributed by atoms with Crippen molar-refractivity contribution in [2.45, 2.75) is 137 Å². The van der Waals surface area contributed by atoms with Crippen molar-refractivity contribution < 1.29 is 140 Å². The van der Waals surface area contributed by atoms with Crippen LogP contribution in [0.25, 0.3) is 0 Å². The number of phosphoric ester groups is 3. The highest BCUT2D eigenvalue weighted by Crippen LogP contribution is 2.59. The highest BCUT2D eigenvalue weighted by molar-refractivity contribution is 7.49. The summed E-state index contributed by atoms with van der Waals surface area (Å²) >= 11 is 0. The predicted octanol–water partition coefficient (Wildman–Crippen LogP) is 3.84. The molecule has 6 atom stereocenters. The average molecular weight is 1060 g/mol. The van der Waals surface area contributed by atoms with Crippen molar-refractivity contribution in [2.75, 3.05) is 40.8 Å². The minimum absolute atomic E-state index is 0.0306. The van der Waals surface area contributed by atoms with E-state index in [9.17, 15) is 56.8 Å². The maximum Gasteiger partial charge on any atom is 0.481 e. The Bertz CT molecular complexity index is 1820. The van der Waals surface area contributed by atoms with E-state index in [-0.39, 0.29) is 19.3 Å². The summed E-state index contributed by atoms with van der Waals surface area (Å²) < 4.78 is 138. The van der Waals surface area contributed by atoms with Crippen molar-refractivity contribution in [2.24, 2.45) is 0 Å². The maximum absolute atomic E-state index is 14.7. The monoisotopic (exact) mass is 1060 g/mol. The second-order valence-corrected chi connectivity index (χ2v) is 18.3. The summed E-state index contributed by atoms with van der Waals surface area (Å²) in [6.07, 6.45) is -16.4. The molecule has 0 heterocycles. The van der Waals surface area contributed by atoms with Crippen LogP contribution >= 0.6 is 23.5 Å². The first kappa shape index (κ1) is 62.6. The SMILES string of the molecule is CCCC(=O)O[C@@H]1[C@H](OC(=O)CCC)[C@H](OP(=O)(OCOC(C)=O)OCOC(C)=O)[C@@H](OP(=O)(OCOC(C)=O)OCOC(C)=O)[C@H](OC(=O)CCC)[C@H]1OP(=O)(OCOC(C)=O)OCOC(C)=O. The summed E-state index contributed by atoms with van der Waals surface area (Å²) in [6.45, 7) is 2.40. The van der Waals surface area contributed by atoms with E-state index < -0.39 is 174 Å². The van der Waals surface area contributed by atoms with Gasteiger partial charge in [0.1, 0.15) is 18.3 Å². The fraction of sp³-hybridized carbons (Fsp3) is 0.750. The van der Waals surface area contributed by atoms with E-state index in [1.165, 1.54) is 20.8 Å². The summed E-state index contributed by atoms with van der Waals surface area (Å²) in [7, 11) is -16.7. The van der Waals surface area contributed by atoms with Gasteiger partial charge in [-0.3, -0.25) is 56.7 Å². The van der Waals surface area contributed by atoms with Crippen LogP contribution in [0.1, 0.15) is 101 Å². The van der Waals surface area contributed by atoms with Crippen LogP contribution in [0.4, 0.5) is 0 Å². The standard InChI is InChI=1S/C36H57O30P3/c1-10-13-28(43)61-31-32(62-29(44)14-11-2)35(65-68(47,57-18-51-24(6)39)58-19-52-25(7)40)36(66-69(48,59-20-53-26(8)41)60-21-54-27(9)42)33(63-30(45)15-12-3)34(31)64-67(46,55-16-49-22(4)37)56-17-50-23(5)38/h31-36H,10-21H2,1-9H3/t31-,32+,33-,34+,35+,36+/m1/s1. The second kappa shape index (κ2) is 31.7. The molecule has 0 spiro atoms. The molecular weight excluding hydrogens is 1010 g/mol. The number of esters is 9. The third-order valence-electron chi connectivity index (χ3n) is 7.70. The predicted molar refractivity (Wildman–Crippen MR) is 218 cm³/mol. The van der Waals surface area contributed by atoms with Crippen molar-refractivity contribution >= 4 is 77.2 Å². The fourth-order valence-electron chi connectivity index (χ4n) is 4.91. The summed E-state index contributed by atoms with van der Waals surface area (Å²) in [5, 5.41) is 0. The van der Waals surface area contributed by atoms with Crippen molar-refractivity contribution in [1.29, 1.82) is 0 Å². The lowest BCUT2D eigenvalue weighted by atomic mass is 9.84. The molecule has 0 aliphatic heterocycles. The van der Waals surface area contributed by atoms with Crippen LogP contribution in [0.15, 0.2) is 0 Å². The quantitative estimate of drug-likeness (QED) is 0.0390. The normalized spacial score (nSPS) is 19.3. The van der Waals surface area contributed by atoms with E-state index in [1.54, 1.807) is 0 Å². The Balaban J connectivity index is 4.68.